The van der Waals surface area contributed by atoms with Gasteiger partial charge in [0.25, 0.3) is 0 Å². The van der Waals surface area contributed by atoms with E-state index in [-0.39, 0.29) is 6.61 Å². The third-order valence-electron chi connectivity index (χ3n) is 2.01. The molecule has 1 heterocycles. The predicted octanol–water partition coefficient (Wildman–Crippen LogP) is 3.97. The van der Waals surface area contributed by atoms with E-state index in [4.69, 9.17) is 28.3 Å². The number of aromatic nitrogens is 1. The second kappa shape index (κ2) is 5.15. The lowest BCUT2D eigenvalue weighted by molar-refractivity contribution is 0.282. The molecule has 0 saturated carbocycles. The van der Waals surface area contributed by atoms with Gasteiger partial charge in [-0.05, 0) is 29.8 Å². The molecule has 0 radical (unpaired) electrons. The molecule has 0 spiro atoms. The fourth-order valence-corrected chi connectivity index (χ4v) is 2.63. The Morgan fingerprint density at radius 2 is 2.06 bits per heavy atom. The summed E-state index contributed by atoms with van der Waals surface area (Å²) in [6, 6.07) is 7.21. The summed E-state index contributed by atoms with van der Waals surface area (Å²) in [5.41, 5.74) is 0.848. The lowest BCUT2D eigenvalue weighted by Crippen LogP contribution is -1.76. The number of aromatic amines is 1. The maximum atomic E-state index is 8.94. The molecule has 0 bridgehead atoms. The molecule has 2 N–H and O–H groups in total. The number of hydrogen-bond donors (Lipinski definition) is 2. The summed E-state index contributed by atoms with van der Waals surface area (Å²) in [7, 11) is 0. The zero-order chi connectivity index (χ0) is 11.5. The second-order valence-electron chi connectivity index (χ2n) is 3.21. The van der Waals surface area contributed by atoms with E-state index in [1.807, 2.05) is 12.1 Å². The number of H-pyrrole nitrogens is 1. The molecule has 0 saturated heterocycles. The maximum absolute atomic E-state index is 8.94. The van der Waals surface area contributed by atoms with E-state index in [0.29, 0.717) is 10.0 Å². The molecular formula is C11H9Cl2NOS. The SMILES string of the molecule is OCc1c[nH]c(Sc2cc(Cl)ccc2Cl)c1. The highest BCUT2D eigenvalue weighted by Crippen LogP contribution is 2.34. The topological polar surface area (TPSA) is 36.0 Å². The summed E-state index contributed by atoms with van der Waals surface area (Å²) in [6.07, 6.45) is 1.76. The molecule has 1 aromatic heterocycles. The zero-order valence-electron chi connectivity index (χ0n) is 8.21. The van der Waals surface area contributed by atoms with Crippen LogP contribution in [0.1, 0.15) is 5.56 Å². The van der Waals surface area contributed by atoms with Crippen molar-refractivity contribution in [2.45, 2.75) is 16.5 Å². The van der Waals surface area contributed by atoms with E-state index in [2.05, 4.69) is 4.98 Å². The third-order valence-corrected chi connectivity index (χ3v) is 3.70. The highest BCUT2D eigenvalue weighted by molar-refractivity contribution is 7.99. The van der Waals surface area contributed by atoms with Gasteiger partial charge in [-0.3, -0.25) is 0 Å². The van der Waals surface area contributed by atoms with Crippen LogP contribution >= 0.6 is 35.0 Å². The minimum atomic E-state index is 0.0281. The minimum absolute atomic E-state index is 0.0281. The van der Waals surface area contributed by atoms with Gasteiger partial charge in [0.05, 0.1) is 16.7 Å². The van der Waals surface area contributed by atoms with Crippen molar-refractivity contribution in [1.29, 1.82) is 0 Å². The molecule has 16 heavy (non-hydrogen) atoms. The Hall–Kier alpha value is -0.610. The van der Waals surface area contributed by atoms with Gasteiger partial charge in [0, 0.05) is 16.1 Å². The number of aliphatic hydroxyl groups is 1. The molecule has 2 aromatic rings. The van der Waals surface area contributed by atoms with Crippen LogP contribution in [0.3, 0.4) is 0 Å². The van der Waals surface area contributed by atoms with Gasteiger partial charge < -0.3 is 10.1 Å². The quantitative estimate of drug-likeness (QED) is 0.888. The van der Waals surface area contributed by atoms with Crippen LogP contribution in [-0.4, -0.2) is 10.1 Å². The number of rotatable bonds is 3. The molecule has 0 fully saturated rings. The summed E-state index contributed by atoms with van der Waals surface area (Å²) in [4.78, 5) is 3.94. The van der Waals surface area contributed by atoms with Crippen LogP contribution in [0.15, 0.2) is 40.4 Å². The first-order chi connectivity index (χ1) is 7.69. The van der Waals surface area contributed by atoms with Gasteiger partial charge >= 0.3 is 0 Å². The average Bonchev–Trinajstić information content (AvgIpc) is 2.71. The molecule has 0 aliphatic heterocycles. The Balaban J connectivity index is 2.22. The van der Waals surface area contributed by atoms with Crippen molar-refractivity contribution >= 4 is 35.0 Å². The van der Waals surface area contributed by atoms with Gasteiger partial charge in [0.15, 0.2) is 0 Å². The van der Waals surface area contributed by atoms with Crippen LogP contribution in [0.5, 0.6) is 0 Å². The summed E-state index contributed by atoms with van der Waals surface area (Å²) in [6.45, 7) is 0.0281. The van der Waals surface area contributed by atoms with E-state index in [0.717, 1.165) is 15.5 Å². The monoisotopic (exact) mass is 273 g/mol. The van der Waals surface area contributed by atoms with Crippen molar-refractivity contribution < 1.29 is 5.11 Å². The van der Waals surface area contributed by atoms with Gasteiger partial charge in [-0.1, -0.05) is 35.0 Å². The van der Waals surface area contributed by atoms with Crippen molar-refractivity contribution in [3.63, 3.8) is 0 Å². The van der Waals surface area contributed by atoms with Crippen molar-refractivity contribution in [3.05, 3.63) is 46.1 Å². The molecule has 1 aromatic carbocycles. The van der Waals surface area contributed by atoms with Crippen molar-refractivity contribution in [2.24, 2.45) is 0 Å². The highest BCUT2D eigenvalue weighted by atomic mass is 35.5. The molecule has 0 aliphatic carbocycles. The van der Waals surface area contributed by atoms with Crippen LogP contribution in [-0.2, 0) is 6.61 Å². The number of halogens is 2. The number of hydrogen-bond acceptors (Lipinski definition) is 2. The Morgan fingerprint density at radius 1 is 1.25 bits per heavy atom. The summed E-state index contributed by atoms with van der Waals surface area (Å²) in [5.74, 6) is 0. The predicted molar refractivity (Wildman–Crippen MR) is 67.3 cm³/mol. The molecule has 0 unspecified atom stereocenters. The van der Waals surface area contributed by atoms with E-state index >= 15 is 0 Å². The normalized spacial score (nSPS) is 10.7. The molecule has 0 atom stereocenters. The largest absolute Gasteiger partial charge is 0.392 e. The van der Waals surface area contributed by atoms with Gasteiger partial charge in [0.1, 0.15) is 0 Å². The number of aliphatic hydroxyl groups excluding tert-OH is 1. The van der Waals surface area contributed by atoms with Crippen LogP contribution in [0.25, 0.3) is 0 Å². The van der Waals surface area contributed by atoms with Crippen molar-refractivity contribution in [2.75, 3.05) is 0 Å². The Morgan fingerprint density at radius 3 is 2.75 bits per heavy atom. The van der Waals surface area contributed by atoms with E-state index in [1.54, 1.807) is 18.3 Å². The zero-order valence-corrected chi connectivity index (χ0v) is 10.5. The molecule has 0 aliphatic rings. The van der Waals surface area contributed by atoms with E-state index < -0.39 is 0 Å². The van der Waals surface area contributed by atoms with Crippen molar-refractivity contribution in [3.8, 4) is 0 Å². The Bertz CT molecular complexity index is 498. The van der Waals surface area contributed by atoms with Crippen LogP contribution < -0.4 is 0 Å². The molecular weight excluding hydrogens is 265 g/mol. The van der Waals surface area contributed by atoms with Crippen LogP contribution in [0.4, 0.5) is 0 Å². The smallest absolute Gasteiger partial charge is 0.0774 e. The average molecular weight is 274 g/mol. The third kappa shape index (κ3) is 2.74. The molecule has 2 rings (SSSR count). The number of nitrogens with one attached hydrogen (secondary N) is 1. The fourth-order valence-electron chi connectivity index (χ4n) is 1.24. The molecule has 2 nitrogen and oxygen atoms in total. The van der Waals surface area contributed by atoms with Gasteiger partial charge in [-0.25, -0.2) is 0 Å². The van der Waals surface area contributed by atoms with Crippen LogP contribution in [0.2, 0.25) is 10.0 Å². The molecule has 84 valence electrons. The number of benzene rings is 1. The van der Waals surface area contributed by atoms with Crippen LogP contribution in [0, 0.1) is 0 Å². The van der Waals surface area contributed by atoms with E-state index in [1.165, 1.54) is 11.8 Å². The van der Waals surface area contributed by atoms with Gasteiger partial charge in [-0.15, -0.1) is 0 Å². The molecule has 0 amide bonds. The lowest BCUT2D eigenvalue weighted by Gasteiger charge is -2.02. The Kier molecular flexibility index (Phi) is 3.82. The van der Waals surface area contributed by atoms with Gasteiger partial charge in [-0.2, -0.15) is 0 Å². The lowest BCUT2D eigenvalue weighted by atomic mass is 10.4. The van der Waals surface area contributed by atoms with E-state index in [9.17, 15) is 0 Å². The Labute approximate surface area is 108 Å². The summed E-state index contributed by atoms with van der Waals surface area (Å²) < 4.78 is 0. The summed E-state index contributed by atoms with van der Waals surface area (Å²) in [5, 5.41) is 11.2. The first kappa shape index (κ1) is 11.9. The minimum Gasteiger partial charge on any atom is -0.392 e. The second-order valence-corrected chi connectivity index (χ2v) is 5.13. The molecule has 5 heteroatoms. The highest BCUT2D eigenvalue weighted by Gasteiger charge is 2.05. The maximum Gasteiger partial charge on any atom is 0.0774 e. The standard InChI is InChI=1S/C11H9Cl2NOS/c12-8-1-2-9(13)10(4-8)16-11-3-7(6-15)5-14-11/h1-5,14-15H,6H2. The fraction of sp³-hybridized carbons (Fsp3) is 0.0909. The first-order valence-electron chi connectivity index (χ1n) is 4.60. The van der Waals surface area contributed by atoms with Crippen molar-refractivity contribution in [1.82, 2.24) is 4.98 Å². The van der Waals surface area contributed by atoms with Gasteiger partial charge in [0.2, 0.25) is 0 Å². The summed E-state index contributed by atoms with van der Waals surface area (Å²) >= 11 is 13.4. The first-order valence-corrected chi connectivity index (χ1v) is 6.17.